The second kappa shape index (κ2) is 15.1. The van der Waals surface area contributed by atoms with Crippen LogP contribution in [0.15, 0.2) is 24.3 Å². The molecule has 0 saturated carbocycles. The Morgan fingerprint density at radius 3 is 2.42 bits per heavy atom. The molecule has 2 saturated heterocycles. The number of fused-ring (bicyclic) bond motifs is 1. The van der Waals surface area contributed by atoms with Crippen LogP contribution in [-0.4, -0.2) is 71.3 Å². The molecule has 5 amide bonds. The van der Waals surface area contributed by atoms with E-state index in [1.165, 1.54) is 0 Å². The largest absolute Gasteiger partial charge is 0.350 e. The first kappa shape index (κ1) is 31.4. The highest BCUT2D eigenvalue weighted by atomic mass is 32.2. The third kappa shape index (κ3) is 9.25. The Balaban J connectivity index is 1.55. The molecule has 10 nitrogen and oxygen atoms in total. The molecule has 0 aliphatic carbocycles. The lowest BCUT2D eigenvalue weighted by atomic mass is 9.98. The number of likely N-dealkylation sites (N-methyl/N-ethyl adjacent to an activating group) is 1. The molecule has 0 spiro atoms. The van der Waals surface area contributed by atoms with E-state index in [9.17, 15) is 24.0 Å². The lowest BCUT2D eigenvalue weighted by Crippen LogP contribution is -2.54. The van der Waals surface area contributed by atoms with E-state index in [4.69, 9.17) is 0 Å². The molecule has 0 radical (unpaired) electrons. The van der Waals surface area contributed by atoms with Crippen LogP contribution < -0.4 is 26.6 Å². The highest BCUT2D eigenvalue weighted by molar-refractivity contribution is 8.00. The van der Waals surface area contributed by atoms with Crippen LogP contribution in [0.2, 0.25) is 0 Å². The first-order valence-corrected chi connectivity index (χ1v) is 15.3. The Bertz CT molecular complexity index is 1060. The summed E-state index contributed by atoms with van der Waals surface area (Å²) in [4.78, 5) is 63.0. The van der Waals surface area contributed by atoms with Gasteiger partial charge in [0.25, 0.3) is 5.91 Å². The summed E-state index contributed by atoms with van der Waals surface area (Å²) in [6, 6.07) is 5.91. The summed E-state index contributed by atoms with van der Waals surface area (Å²) in [7, 11) is 0. The number of aryl methyl sites for hydroxylation is 1. The summed E-state index contributed by atoms with van der Waals surface area (Å²) in [6.07, 6.45) is 3.26. The molecule has 1 unspecified atom stereocenters. The molecule has 11 heteroatoms. The van der Waals surface area contributed by atoms with Gasteiger partial charge in [-0.3, -0.25) is 19.2 Å². The average Bonchev–Trinajstić information content (AvgIpc) is 3.45. The summed E-state index contributed by atoms with van der Waals surface area (Å²) >= 11 is 1.84. The molecule has 5 N–H and O–H groups in total. The molecular weight excluding hydrogens is 530 g/mol. The van der Waals surface area contributed by atoms with Crippen molar-refractivity contribution in [2.45, 2.75) is 95.6 Å². The van der Waals surface area contributed by atoms with Gasteiger partial charge in [0.15, 0.2) is 0 Å². The van der Waals surface area contributed by atoms with Crippen molar-refractivity contribution in [3.05, 3.63) is 35.4 Å². The van der Waals surface area contributed by atoms with Crippen LogP contribution in [-0.2, 0) is 25.6 Å². The average molecular weight is 574 g/mol. The zero-order chi connectivity index (χ0) is 29.2. The van der Waals surface area contributed by atoms with E-state index in [0.717, 1.165) is 29.7 Å². The van der Waals surface area contributed by atoms with Crippen molar-refractivity contribution in [2.24, 2.45) is 5.92 Å². The van der Waals surface area contributed by atoms with Crippen LogP contribution >= 0.6 is 11.8 Å². The van der Waals surface area contributed by atoms with Gasteiger partial charge >= 0.3 is 6.03 Å². The number of hydrogen-bond acceptors (Lipinski definition) is 6. The molecule has 2 fully saturated rings. The lowest BCUT2D eigenvalue weighted by molar-refractivity contribution is -0.140. The van der Waals surface area contributed by atoms with Crippen molar-refractivity contribution in [3.8, 4) is 0 Å². The number of carbonyl (C=O) groups is 5. The fourth-order valence-electron chi connectivity index (χ4n) is 5.09. The monoisotopic (exact) mass is 573 g/mol. The second-order valence-corrected chi connectivity index (χ2v) is 12.4. The van der Waals surface area contributed by atoms with Crippen LogP contribution in [0.1, 0.15) is 64.0 Å². The number of benzene rings is 1. The molecule has 2 aliphatic heterocycles. The van der Waals surface area contributed by atoms with Crippen molar-refractivity contribution < 1.29 is 24.0 Å². The topological polar surface area (TPSA) is 146 Å². The minimum absolute atomic E-state index is 0.108. The van der Waals surface area contributed by atoms with Gasteiger partial charge in [-0.15, -0.1) is 0 Å². The van der Waals surface area contributed by atoms with Gasteiger partial charge in [0.1, 0.15) is 12.1 Å². The number of nitrogens with one attached hydrogen (secondary N) is 5. The normalized spacial score (nSPS) is 21.1. The Kier molecular flexibility index (Phi) is 11.8. The maximum atomic E-state index is 13.3. The Labute approximate surface area is 240 Å². The second-order valence-electron chi connectivity index (χ2n) is 11.1. The van der Waals surface area contributed by atoms with E-state index in [0.29, 0.717) is 24.6 Å². The molecule has 5 atom stereocenters. The minimum atomic E-state index is -1.05. The van der Waals surface area contributed by atoms with Crippen molar-refractivity contribution in [2.75, 3.05) is 12.3 Å². The lowest BCUT2D eigenvalue weighted by Gasteiger charge is -2.24. The van der Waals surface area contributed by atoms with Gasteiger partial charge in [-0.25, -0.2) is 4.79 Å². The number of rotatable bonds is 15. The van der Waals surface area contributed by atoms with E-state index < -0.39 is 29.7 Å². The van der Waals surface area contributed by atoms with Gasteiger partial charge in [-0.2, -0.15) is 11.8 Å². The fourth-order valence-corrected chi connectivity index (χ4v) is 6.63. The number of thioether (sulfide) groups is 1. The van der Waals surface area contributed by atoms with E-state index in [-0.39, 0.29) is 42.8 Å². The summed E-state index contributed by atoms with van der Waals surface area (Å²) < 4.78 is 0. The van der Waals surface area contributed by atoms with Gasteiger partial charge in [0.05, 0.1) is 12.1 Å². The zero-order valence-corrected chi connectivity index (χ0v) is 24.7. The van der Waals surface area contributed by atoms with Crippen LogP contribution in [0.5, 0.6) is 0 Å². The third-order valence-electron chi connectivity index (χ3n) is 7.19. The molecule has 3 rings (SSSR count). The molecule has 40 heavy (non-hydrogen) atoms. The molecule has 1 aromatic rings. The number of carbonyl (C=O) groups excluding carboxylic acids is 5. The maximum absolute atomic E-state index is 13.3. The van der Waals surface area contributed by atoms with Gasteiger partial charge in [0, 0.05) is 30.4 Å². The fraction of sp³-hybridized carbons (Fsp3) is 0.621. The molecule has 0 aromatic heterocycles. The molecule has 0 bridgehead atoms. The van der Waals surface area contributed by atoms with Crippen molar-refractivity contribution in [3.63, 3.8) is 0 Å². The smallest absolute Gasteiger partial charge is 0.315 e. The van der Waals surface area contributed by atoms with Crippen LogP contribution in [0, 0.1) is 12.8 Å². The maximum Gasteiger partial charge on any atom is 0.315 e. The van der Waals surface area contributed by atoms with Gasteiger partial charge < -0.3 is 26.6 Å². The number of unbranched alkanes of at least 4 members (excludes halogenated alkanes) is 1. The molecule has 220 valence electrons. The minimum Gasteiger partial charge on any atom is -0.350 e. The van der Waals surface area contributed by atoms with Crippen molar-refractivity contribution in [1.29, 1.82) is 0 Å². The summed E-state index contributed by atoms with van der Waals surface area (Å²) in [5.74, 6) is -1.15. The summed E-state index contributed by atoms with van der Waals surface area (Å²) in [5.41, 5.74) is 1.88. The molecule has 2 heterocycles. The number of hydrogen-bond donors (Lipinski definition) is 5. The standard InChI is InChI=1S/C29H43N5O5S/c1-5-30-28(38)26(36)20(15-19-12-10-18(4)11-13-19)32-27(37)21(14-17(2)3)31-24(35)9-7-6-8-23-25-22(16-40-23)33-29(39)34-25/h10-13,17,20-23,25H,5-9,14-16H2,1-4H3,(H,30,38)(H,31,35)(H,32,37)(H2,33,34,39)/t20-,21-,22-,23?,25-/m0/s1. The molecule has 1 aromatic carbocycles. The van der Waals surface area contributed by atoms with Crippen LogP contribution in [0.4, 0.5) is 4.79 Å². The zero-order valence-electron chi connectivity index (χ0n) is 23.9. The first-order valence-electron chi connectivity index (χ1n) is 14.2. The van der Waals surface area contributed by atoms with Crippen molar-refractivity contribution >= 4 is 41.3 Å². The number of ketones is 1. The molecular formula is C29H43N5O5S. The number of amides is 5. The van der Waals surface area contributed by atoms with E-state index >= 15 is 0 Å². The third-order valence-corrected chi connectivity index (χ3v) is 8.70. The van der Waals surface area contributed by atoms with Gasteiger partial charge in [-0.1, -0.05) is 50.1 Å². The quantitative estimate of drug-likeness (QED) is 0.123. The molecule has 2 aliphatic rings. The number of Topliss-reactive ketones (excluding diaryl/α,β-unsaturated/α-hetero) is 1. The number of urea groups is 1. The van der Waals surface area contributed by atoms with E-state index in [2.05, 4.69) is 26.6 Å². The summed E-state index contributed by atoms with van der Waals surface area (Å²) in [5, 5.41) is 14.4. The van der Waals surface area contributed by atoms with E-state index in [1.54, 1.807) is 6.92 Å². The van der Waals surface area contributed by atoms with E-state index in [1.807, 2.05) is 56.8 Å². The Hall–Kier alpha value is -3.08. The van der Waals surface area contributed by atoms with Crippen LogP contribution in [0.25, 0.3) is 0 Å². The highest BCUT2D eigenvalue weighted by Gasteiger charge is 2.42. The highest BCUT2D eigenvalue weighted by Crippen LogP contribution is 2.33. The first-order chi connectivity index (χ1) is 19.1. The predicted octanol–water partition coefficient (Wildman–Crippen LogP) is 1.98. The SMILES string of the molecule is CCNC(=O)C(=O)[C@H](Cc1ccc(C)cc1)NC(=O)[C@H](CC(C)C)NC(=O)CCCCC1SC[C@@H]2NC(=O)N[C@H]12. The summed E-state index contributed by atoms with van der Waals surface area (Å²) in [6.45, 7) is 7.89. The Morgan fingerprint density at radius 2 is 1.75 bits per heavy atom. The predicted molar refractivity (Wildman–Crippen MR) is 156 cm³/mol. The van der Waals surface area contributed by atoms with Crippen molar-refractivity contribution in [1.82, 2.24) is 26.6 Å². The van der Waals surface area contributed by atoms with Crippen LogP contribution in [0.3, 0.4) is 0 Å². The Morgan fingerprint density at radius 1 is 1.02 bits per heavy atom. The van der Waals surface area contributed by atoms with Gasteiger partial charge in [0.2, 0.25) is 17.6 Å². The van der Waals surface area contributed by atoms with Gasteiger partial charge in [-0.05, 0) is 44.6 Å².